The Morgan fingerprint density at radius 3 is 1.69 bits per heavy atom. The van der Waals surface area contributed by atoms with Crippen molar-refractivity contribution < 1.29 is 9.84 Å². The first-order valence-corrected chi connectivity index (χ1v) is 8.17. The van der Waals surface area contributed by atoms with Crippen molar-refractivity contribution in [1.29, 1.82) is 0 Å². The fourth-order valence-electron chi connectivity index (χ4n) is 2.19. The van der Waals surface area contributed by atoms with E-state index >= 15 is 0 Å². The van der Waals surface area contributed by atoms with Crippen LogP contribution in [0.4, 0.5) is 11.4 Å². The lowest BCUT2D eigenvalue weighted by molar-refractivity contribution is 0.0985. The summed E-state index contributed by atoms with van der Waals surface area (Å²) in [6.07, 6.45) is 0. The molecule has 3 aromatic rings. The first kappa shape index (κ1) is 17.4. The van der Waals surface area contributed by atoms with Gasteiger partial charge in [0.25, 0.3) is 0 Å². The number of nitrogens with zero attached hydrogens (tertiary/aromatic N) is 2. The Bertz CT molecular complexity index is 933. The lowest BCUT2D eigenvalue weighted by atomic mass is 10.1. The molecule has 128 valence electrons. The van der Waals surface area contributed by atoms with Crippen LogP contribution in [0.2, 0.25) is 0 Å². The number of rotatable bonds is 4. The van der Waals surface area contributed by atoms with E-state index in [9.17, 15) is 0 Å². The van der Waals surface area contributed by atoms with Crippen LogP contribution in [0, 0.1) is 18.8 Å². The van der Waals surface area contributed by atoms with Gasteiger partial charge in [0.1, 0.15) is 5.75 Å². The van der Waals surface area contributed by atoms with Gasteiger partial charge in [-0.05, 0) is 67.6 Å². The van der Waals surface area contributed by atoms with Crippen molar-refractivity contribution in [1.82, 2.24) is 0 Å². The third-order valence-corrected chi connectivity index (χ3v) is 3.62. The molecule has 0 amide bonds. The van der Waals surface area contributed by atoms with Gasteiger partial charge in [0.15, 0.2) is 6.79 Å². The van der Waals surface area contributed by atoms with Crippen molar-refractivity contribution >= 4 is 11.4 Å². The van der Waals surface area contributed by atoms with Crippen LogP contribution in [0.1, 0.15) is 16.7 Å². The van der Waals surface area contributed by atoms with E-state index in [2.05, 4.69) is 41.1 Å². The average molecular weight is 342 g/mol. The van der Waals surface area contributed by atoms with Crippen molar-refractivity contribution in [3.8, 4) is 17.6 Å². The second kappa shape index (κ2) is 8.61. The van der Waals surface area contributed by atoms with Gasteiger partial charge < -0.3 is 9.84 Å². The van der Waals surface area contributed by atoms with Crippen LogP contribution in [0.3, 0.4) is 0 Å². The van der Waals surface area contributed by atoms with Crippen LogP contribution in [-0.2, 0) is 0 Å². The second-order valence-electron chi connectivity index (χ2n) is 5.63. The maximum Gasteiger partial charge on any atom is 0.186 e. The SMILES string of the molecule is Cc1ccc(C#Cc2ccc(N=Nc3ccc(OCO)cc3)cc2)cc1. The number of aliphatic hydroxyl groups is 1. The molecule has 0 saturated carbocycles. The molecule has 26 heavy (non-hydrogen) atoms. The molecule has 0 aliphatic rings. The predicted octanol–water partition coefficient (Wildman–Crippen LogP) is 5.14. The summed E-state index contributed by atoms with van der Waals surface area (Å²) in [6, 6.07) is 22.8. The van der Waals surface area contributed by atoms with Crippen molar-refractivity contribution in [3.05, 3.63) is 89.5 Å². The van der Waals surface area contributed by atoms with E-state index < -0.39 is 0 Å². The number of hydrogen-bond donors (Lipinski definition) is 1. The van der Waals surface area contributed by atoms with E-state index in [-0.39, 0.29) is 6.79 Å². The fraction of sp³-hybridized carbons (Fsp3) is 0.0909. The smallest absolute Gasteiger partial charge is 0.186 e. The van der Waals surface area contributed by atoms with Crippen molar-refractivity contribution in [2.24, 2.45) is 10.2 Å². The number of azo groups is 1. The van der Waals surface area contributed by atoms with E-state index in [0.29, 0.717) is 11.4 Å². The summed E-state index contributed by atoms with van der Waals surface area (Å²) >= 11 is 0. The first-order chi connectivity index (χ1) is 12.7. The summed E-state index contributed by atoms with van der Waals surface area (Å²) in [5, 5.41) is 17.1. The highest BCUT2D eigenvalue weighted by atomic mass is 16.6. The molecule has 0 unspecified atom stereocenters. The third kappa shape index (κ3) is 5.04. The minimum absolute atomic E-state index is 0.347. The molecule has 3 rings (SSSR count). The average Bonchev–Trinajstić information content (AvgIpc) is 2.68. The number of aliphatic hydroxyl groups excluding tert-OH is 1. The zero-order valence-corrected chi connectivity index (χ0v) is 14.4. The van der Waals surface area contributed by atoms with Crippen LogP contribution < -0.4 is 4.74 Å². The highest BCUT2D eigenvalue weighted by Gasteiger charge is 1.95. The monoisotopic (exact) mass is 342 g/mol. The Morgan fingerprint density at radius 1 is 0.731 bits per heavy atom. The lowest BCUT2D eigenvalue weighted by Crippen LogP contribution is -1.93. The number of benzene rings is 3. The van der Waals surface area contributed by atoms with Crippen molar-refractivity contribution in [2.75, 3.05) is 6.79 Å². The van der Waals surface area contributed by atoms with Gasteiger partial charge >= 0.3 is 0 Å². The molecule has 0 aliphatic carbocycles. The molecule has 0 heterocycles. The fourth-order valence-corrected chi connectivity index (χ4v) is 2.19. The molecular weight excluding hydrogens is 324 g/mol. The summed E-state index contributed by atoms with van der Waals surface area (Å²) in [5.41, 5.74) is 4.60. The molecule has 1 N–H and O–H groups in total. The van der Waals surface area contributed by atoms with Crippen LogP contribution in [-0.4, -0.2) is 11.9 Å². The van der Waals surface area contributed by atoms with Gasteiger partial charge in [-0.25, -0.2) is 0 Å². The second-order valence-corrected chi connectivity index (χ2v) is 5.63. The molecule has 4 nitrogen and oxygen atoms in total. The summed E-state index contributed by atoms with van der Waals surface area (Å²) in [7, 11) is 0. The zero-order chi connectivity index (χ0) is 18.2. The molecule has 4 heteroatoms. The van der Waals surface area contributed by atoms with Gasteiger partial charge in [0.2, 0.25) is 0 Å². The molecule has 0 saturated heterocycles. The highest BCUT2D eigenvalue weighted by molar-refractivity contribution is 5.48. The molecule has 3 aromatic carbocycles. The molecule has 0 bridgehead atoms. The Morgan fingerprint density at radius 2 is 1.19 bits per heavy atom. The van der Waals surface area contributed by atoms with E-state index in [1.54, 1.807) is 24.3 Å². The van der Waals surface area contributed by atoms with Gasteiger partial charge in [-0.2, -0.15) is 10.2 Å². The Hall–Kier alpha value is -3.42. The van der Waals surface area contributed by atoms with Crippen LogP contribution in [0.5, 0.6) is 5.75 Å². The Balaban J connectivity index is 1.65. The van der Waals surface area contributed by atoms with E-state index in [4.69, 9.17) is 9.84 Å². The molecule has 0 aromatic heterocycles. The van der Waals surface area contributed by atoms with Crippen LogP contribution in [0.25, 0.3) is 0 Å². The minimum Gasteiger partial charge on any atom is -0.468 e. The van der Waals surface area contributed by atoms with Crippen molar-refractivity contribution in [3.63, 3.8) is 0 Å². The van der Waals surface area contributed by atoms with E-state index in [0.717, 1.165) is 16.8 Å². The third-order valence-electron chi connectivity index (χ3n) is 3.62. The summed E-state index contributed by atoms with van der Waals surface area (Å²) in [6.45, 7) is 1.71. The first-order valence-electron chi connectivity index (χ1n) is 8.17. The molecule has 0 radical (unpaired) electrons. The van der Waals surface area contributed by atoms with Gasteiger partial charge in [0, 0.05) is 11.1 Å². The van der Waals surface area contributed by atoms with Gasteiger partial charge in [-0.15, -0.1) is 0 Å². The topological polar surface area (TPSA) is 54.2 Å². The van der Waals surface area contributed by atoms with Gasteiger partial charge in [-0.3, -0.25) is 0 Å². The van der Waals surface area contributed by atoms with E-state index in [1.807, 2.05) is 36.4 Å². The van der Waals surface area contributed by atoms with Crippen LogP contribution >= 0.6 is 0 Å². The summed E-state index contributed by atoms with van der Waals surface area (Å²) in [4.78, 5) is 0. The quantitative estimate of drug-likeness (QED) is 0.405. The van der Waals surface area contributed by atoms with E-state index in [1.165, 1.54) is 5.56 Å². The maximum absolute atomic E-state index is 8.70. The number of ether oxygens (including phenoxy) is 1. The standard InChI is InChI=1S/C22H18N2O2/c1-17-2-4-18(5-3-17)6-7-19-8-10-20(11-9-19)23-24-21-12-14-22(15-13-21)26-16-25/h2-5,8-15,25H,16H2,1H3. The number of hydrogen-bond acceptors (Lipinski definition) is 4. The molecule has 0 spiro atoms. The molecule has 0 atom stereocenters. The summed E-state index contributed by atoms with van der Waals surface area (Å²) in [5.74, 6) is 6.88. The lowest BCUT2D eigenvalue weighted by Gasteiger charge is -2.00. The Labute approximate surface area is 152 Å². The molecule has 0 fully saturated rings. The largest absolute Gasteiger partial charge is 0.468 e. The van der Waals surface area contributed by atoms with Crippen molar-refractivity contribution in [2.45, 2.75) is 6.92 Å². The summed E-state index contributed by atoms with van der Waals surface area (Å²) < 4.78 is 4.97. The number of aryl methyl sites for hydroxylation is 1. The molecule has 0 aliphatic heterocycles. The Kier molecular flexibility index (Phi) is 5.76. The zero-order valence-electron chi connectivity index (χ0n) is 14.4. The van der Waals surface area contributed by atoms with Gasteiger partial charge in [-0.1, -0.05) is 29.5 Å². The van der Waals surface area contributed by atoms with Crippen LogP contribution in [0.15, 0.2) is 83.0 Å². The minimum atomic E-state index is -0.347. The van der Waals surface area contributed by atoms with Gasteiger partial charge in [0.05, 0.1) is 11.4 Å². The predicted molar refractivity (Wildman–Crippen MR) is 102 cm³/mol. The normalized spacial score (nSPS) is 10.4. The molecular formula is C22H18N2O2. The maximum atomic E-state index is 8.70. The highest BCUT2D eigenvalue weighted by Crippen LogP contribution is 2.21.